The number of hydrogen-bond acceptors (Lipinski definition) is 5. The molecule has 0 atom stereocenters. The molecule has 4 N–H and O–H groups in total. The van der Waals surface area contributed by atoms with Crippen molar-refractivity contribution < 1.29 is 9.53 Å². The lowest BCUT2D eigenvalue weighted by Crippen LogP contribution is -2.22. The van der Waals surface area contributed by atoms with Crippen molar-refractivity contribution in [2.24, 2.45) is 0 Å². The smallest absolute Gasteiger partial charge is 0.263 e. The summed E-state index contributed by atoms with van der Waals surface area (Å²) < 4.78 is 5.21. The fraction of sp³-hybridized carbons (Fsp3) is 0.417. The van der Waals surface area contributed by atoms with E-state index in [2.05, 4.69) is 17.2 Å². The van der Waals surface area contributed by atoms with Crippen LogP contribution in [0.5, 0.6) is 0 Å². The molecule has 1 heterocycles. The quantitative estimate of drug-likeness (QED) is 0.496. The van der Waals surface area contributed by atoms with E-state index in [-0.39, 0.29) is 5.91 Å². The normalized spacial score (nSPS) is 10.1. The maximum atomic E-state index is 11.7. The van der Waals surface area contributed by atoms with E-state index in [0.29, 0.717) is 36.9 Å². The molecule has 0 fully saturated rings. The predicted molar refractivity (Wildman–Crippen MR) is 76.2 cm³/mol. The molecule has 18 heavy (non-hydrogen) atoms. The molecular weight excluding hydrogens is 250 g/mol. The van der Waals surface area contributed by atoms with Crippen LogP contribution < -0.4 is 16.4 Å². The van der Waals surface area contributed by atoms with Crippen molar-refractivity contribution >= 4 is 27.9 Å². The Balaban J connectivity index is 2.52. The lowest BCUT2D eigenvalue weighted by atomic mass is 10.3. The number of nitrogens with one attached hydrogen (secondary N) is 2. The van der Waals surface area contributed by atoms with Crippen LogP contribution in [-0.2, 0) is 4.74 Å². The van der Waals surface area contributed by atoms with E-state index >= 15 is 0 Å². The van der Waals surface area contributed by atoms with Crippen LogP contribution in [0.4, 0.5) is 10.7 Å². The first kappa shape index (κ1) is 14.5. The fourth-order valence-corrected chi connectivity index (χ4v) is 2.23. The molecule has 0 saturated carbocycles. The zero-order chi connectivity index (χ0) is 13.4. The summed E-state index contributed by atoms with van der Waals surface area (Å²) in [5, 5.41) is 6.74. The van der Waals surface area contributed by atoms with Gasteiger partial charge in [-0.05, 0) is 13.0 Å². The highest BCUT2D eigenvalue weighted by molar-refractivity contribution is 7.18. The summed E-state index contributed by atoms with van der Waals surface area (Å²) in [7, 11) is 0. The zero-order valence-corrected chi connectivity index (χ0v) is 11.3. The minimum absolute atomic E-state index is 0.171. The highest BCUT2D eigenvalue weighted by Gasteiger charge is 2.13. The lowest BCUT2D eigenvalue weighted by molar-refractivity contribution is 0.0963. The number of carbonyl (C=O) groups excluding carboxylic acids is 1. The molecule has 1 rings (SSSR count). The van der Waals surface area contributed by atoms with Crippen LogP contribution in [0.2, 0.25) is 0 Å². The number of carbonyl (C=O) groups is 1. The fourth-order valence-electron chi connectivity index (χ4n) is 1.31. The molecule has 0 bridgehead atoms. The largest absolute Gasteiger partial charge is 0.397 e. The number of nitrogen functional groups attached to an aromatic ring is 1. The number of nitrogens with two attached hydrogens (primary N) is 1. The van der Waals surface area contributed by atoms with Crippen molar-refractivity contribution in [1.82, 2.24) is 5.32 Å². The molecule has 6 heteroatoms. The number of amides is 1. The molecule has 0 aliphatic rings. The summed E-state index contributed by atoms with van der Waals surface area (Å²) in [4.78, 5) is 12.3. The van der Waals surface area contributed by atoms with E-state index in [1.54, 1.807) is 12.1 Å². The SMILES string of the molecule is C=CCNC(=O)c1sc(NCCOCC)cc1N. The molecule has 0 unspecified atom stereocenters. The molecule has 100 valence electrons. The molecule has 0 aromatic carbocycles. The molecule has 0 aliphatic heterocycles. The van der Waals surface area contributed by atoms with E-state index in [4.69, 9.17) is 10.5 Å². The summed E-state index contributed by atoms with van der Waals surface area (Å²) in [5.41, 5.74) is 6.28. The maximum absolute atomic E-state index is 11.7. The average molecular weight is 269 g/mol. The van der Waals surface area contributed by atoms with Crippen LogP contribution in [-0.4, -0.2) is 32.2 Å². The predicted octanol–water partition coefficient (Wildman–Crippen LogP) is 1.69. The standard InChI is InChI=1S/C12H19N3O2S/c1-3-5-15-12(16)11-9(13)8-10(18-11)14-6-7-17-4-2/h3,8,14H,1,4-7,13H2,2H3,(H,15,16). The number of thiophene rings is 1. The third-order valence-electron chi connectivity index (χ3n) is 2.12. The van der Waals surface area contributed by atoms with Gasteiger partial charge in [-0.1, -0.05) is 6.08 Å². The van der Waals surface area contributed by atoms with Gasteiger partial charge in [0.25, 0.3) is 5.91 Å². The Morgan fingerprint density at radius 2 is 2.44 bits per heavy atom. The molecule has 1 amide bonds. The molecule has 1 aromatic rings. The van der Waals surface area contributed by atoms with Crippen molar-refractivity contribution in [3.05, 3.63) is 23.6 Å². The van der Waals surface area contributed by atoms with Gasteiger partial charge in [-0.3, -0.25) is 4.79 Å². The van der Waals surface area contributed by atoms with Crippen molar-refractivity contribution in [3.8, 4) is 0 Å². The van der Waals surface area contributed by atoms with E-state index in [9.17, 15) is 4.79 Å². The Kier molecular flexibility index (Phi) is 6.24. The molecule has 1 aromatic heterocycles. The van der Waals surface area contributed by atoms with Crippen LogP contribution in [0, 0.1) is 0 Å². The zero-order valence-electron chi connectivity index (χ0n) is 10.5. The van der Waals surface area contributed by atoms with Crippen LogP contribution in [0.25, 0.3) is 0 Å². The van der Waals surface area contributed by atoms with Gasteiger partial charge in [-0.25, -0.2) is 0 Å². The molecule has 0 radical (unpaired) electrons. The first-order valence-electron chi connectivity index (χ1n) is 5.79. The van der Waals surface area contributed by atoms with Crippen LogP contribution in [0.15, 0.2) is 18.7 Å². The third-order valence-corrected chi connectivity index (χ3v) is 3.23. The first-order chi connectivity index (χ1) is 8.69. The topological polar surface area (TPSA) is 76.4 Å². The van der Waals surface area contributed by atoms with Gasteiger partial charge in [0.2, 0.25) is 0 Å². The van der Waals surface area contributed by atoms with Crippen molar-refractivity contribution in [3.63, 3.8) is 0 Å². The minimum atomic E-state index is -0.171. The van der Waals surface area contributed by atoms with Gasteiger partial charge in [-0.2, -0.15) is 0 Å². The molecular formula is C12H19N3O2S. The maximum Gasteiger partial charge on any atom is 0.263 e. The van der Waals surface area contributed by atoms with Gasteiger partial charge in [0.1, 0.15) is 4.88 Å². The summed E-state index contributed by atoms with van der Waals surface area (Å²) in [6, 6.07) is 1.76. The van der Waals surface area contributed by atoms with Gasteiger partial charge < -0.3 is 21.1 Å². The Morgan fingerprint density at radius 1 is 1.67 bits per heavy atom. The van der Waals surface area contributed by atoms with Crippen LogP contribution in [0.3, 0.4) is 0 Å². The summed E-state index contributed by atoms with van der Waals surface area (Å²) in [6.07, 6.45) is 1.63. The number of hydrogen-bond donors (Lipinski definition) is 3. The first-order valence-corrected chi connectivity index (χ1v) is 6.60. The Morgan fingerprint density at radius 3 is 3.11 bits per heavy atom. The lowest BCUT2D eigenvalue weighted by Gasteiger charge is -2.02. The molecule has 5 nitrogen and oxygen atoms in total. The van der Waals surface area contributed by atoms with Gasteiger partial charge >= 0.3 is 0 Å². The van der Waals surface area contributed by atoms with Gasteiger partial charge in [0.05, 0.1) is 17.3 Å². The second-order valence-corrected chi connectivity index (χ2v) is 4.57. The summed E-state index contributed by atoms with van der Waals surface area (Å²) in [6.45, 7) is 7.95. The second-order valence-electron chi connectivity index (χ2n) is 3.52. The highest BCUT2D eigenvalue weighted by atomic mass is 32.1. The van der Waals surface area contributed by atoms with Crippen molar-refractivity contribution in [1.29, 1.82) is 0 Å². The average Bonchev–Trinajstić information content (AvgIpc) is 2.73. The Hall–Kier alpha value is -1.53. The van der Waals surface area contributed by atoms with E-state index in [0.717, 1.165) is 5.00 Å². The number of rotatable bonds is 8. The van der Waals surface area contributed by atoms with Crippen molar-refractivity contribution in [2.75, 3.05) is 37.4 Å². The Bertz CT molecular complexity index is 404. The van der Waals surface area contributed by atoms with E-state index in [1.807, 2.05) is 6.92 Å². The molecule has 0 aliphatic carbocycles. The molecule has 0 saturated heterocycles. The summed E-state index contributed by atoms with van der Waals surface area (Å²) in [5.74, 6) is -0.171. The second kappa shape index (κ2) is 7.73. The monoisotopic (exact) mass is 269 g/mol. The van der Waals surface area contributed by atoms with Crippen LogP contribution in [0.1, 0.15) is 16.6 Å². The van der Waals surface area contributed by atoms with Gasteiger partial charge in [-0.15, -0.1) is 17.9 Å². The van der Waals surface area contributed by atoms with Gasteiger partial charge in [0.15, 0.2) is 0 Å². The number of anilines is 2. The Labute approximate surface area is 111 Å². The van der Waals surface area contributed by atoms with Crippen LogP contribution >= 0.6 is 11.3 Å². The highest BCUT2D eigenvalue weighted by Crippen LogP contribution is 2.28. The minimum Gasteiger partial charge on any atom is -0.397 e. The number of ether oxygens (including phenoxy) is 1. The third kappa shape index (κ3) is 4.38. The van der Waals surface area contributed by atoms with E-state index < -0.39 is 0 Å². The van der Waals surface area contributed by atoms with E-state index in [1.165, 1.54) is 11.3 Å². The van der Waals surface area contributed by atoms with Gasteiger partial charge in [0, 0.05) is 19.7 Å². The van der Waals surface area contributed by atoms with Crippen molar-refractivity contribution in [2.45, 2.75) is 6.92 Å². The summed E-state index contributed by atoms with van der Waals surface area (Å²) >= 11 is 1.34. The molecule has 0 spiro atoms.